The maximum Gasteiger partial charge on any atom is 0.251 e. The maximum atomic E-state index is 12.4. The SMILES string of the molecule is COc1ccc(CCNC(=O)c2ccc3c(c2)CCN3C(C)=O)cc1OC. The number of nitrogens with one attached hydrogen (secondary N) is 1. The molecule has 142 valence electrons. The van der Waals surface area contributed by atoms with E-state index in [4.69, 9.17) is 9.47 Å². The number of fused-ring (bicyclic) bond motifs is 1. The van der Waals surface area contributed by atoms with Crippen molar-refractivity contribution in [1.29, 1.82) is 0 Å². The molecule has 0 unspecified atom stereocenters. The van der Waals surface area contributed by atoms with Gasteiger partial charge in [-0.25, -0.2) is 0 Å². The molecule has 2 amide bonds. The van der Waals surface area contributed by atoms with Gasteiger partial charge in [-0.2, -0.15) is 0 Å². The van der Waals surface area contributed by atoms with Gasteiger partial charge in [-0.15, -0.1) is 0 Å². The fourth-order valence-electron chi connectivity index (χ4n) is 3.33. The van der Waals surface area contributed by atoms with Gasteiger partial charge < -0.3 is 19.7 Å². The van der Waals surface area contributed by atoms with E-state index < -0.39 is 0 Å². The molecular weight excluding hydrogens is 344 g/mol. The molecule has 1 N–H and O–H groups in total. The van der Waals surface area contributed by atoms with Gasteiger partial charge in [0.05, 0.1) is 14.2 Å². The molecule has 0 aromatic heterocycles. The zero-order valence-electron chi connectivity index (χ0n) is 15.9. The number of methoxy groups -OCH3 is 2. The first kappa shape index (κ1) is 18.8. The van der Waals surface area contributed by atoms with Crippen molar-refractivity contribution in [3.8, 4) is 11.5 Å². The normalized spacial score (nSPS) is 12.5. The molecule has 6 heteroatoms. The summed E-state index contributed by atoms with van der Waals surface area (Å²) in [6, 6.07) is 11.2. The summed E-state index contributed by atoms with van der Waals surface area (Å²) in [5.74, 6) is 1.28. The molecule has 1 aliphatic heterocycles. The summed E-state index contributed by atoms with van der Waals surface area (Å²) in [5, 5.41) is 2.95. The number of carbonyl (C=O) groups excluding carboxylic acids is 2. The van der Waals surface area contributed by atoms with Crippen molar-refractivity contribution in [2.24, 2.45) is 0 Å². The van der Waals surface area contributed by atoms with Crippen molar-refractivity contribution in [3.05, 3.63) is 53.1 Å². The van der Waals surface area contributed by atoms with Gasteiger partial charge in [0, 0.05) is 31.3 Å². The highest BCUT2D eigenvalue weighted by atomic mass is 16.5. The van der Waals surface area contributed by atoms with Crippen LogP contribution < -0.4 is 19.7 Å². The molecule has 0 spiro atoms. The van der Waals surface area contributed by atoms with E-state index in [-0.39, 0.29) is 11.8 Å². The van der Waals surface area contributed by atoms with E-state index in [1.807, 2.05) is 30.3 Å². The van der Waals surface area contributed by atoms with Crippen LogP contribution in [0.4, 0.5) is 5.69 Å². The molecule has 1 aliphatic rings. The van der Waals surface area contributed by atoms with E-state index in [0.29, 0.717) is 36.6 Å². The number of amides is 2. The average molecular weight is 368 g/mol. The molecule has 2 aromatic carbocycles. The number of rotatable bonds is 6. The highest BCUT2D eigenvalue weighted by Gasteiger charge is 2.23. The predicted octanol–water partition coefficient (Wildman–Crippen LogP) is 2.59. The van der Waals surface area contributed by atoms with E-state index in [0.717, 1.165) is 23.2 Å². The molecule has 0 saturated carbocycles. The summed E-state index contributed by atoms with van der Waals surface area (Å²) < 4.78 is 10.5. The minimum absolute atomic E-state index is 0.0286. The fraction of sp³-hybridized carbons (Fsp3) is 0.333. The molecule has 27 heavy (non-hydrogen) atoms. The first-order chi connectivity index (χ1) is 13.0. The van der Waals surface area contributed by atoms with Crippen LogP contribution in [-0.4, -0.2) is 39.1 Å². The van der Waals surface area contributed by atoms with Crippen molar-refractivity contribution < 1.29 is 19.1 Å². The van der Waals surface area contributed by atoms with Crippen LogP contribution >= 0.6 is 0 Å². The summed E-state index contributed by atoms with van der Waals surface area (Å²) in [6.07, 6.45) is 1.47. The fourth-order valence-corrected chi connectivity index (χ4v) is 3.33. The highest BCUT2D eigenvalue weighted by molar-refractivity contribution is 5.97. The van der Waals surface area contributed by atoms with Crippen LogP contribution in [0.1, 0.15) is 28.4 Å². The number of carbonyl (C=O) groups is 2. The Hall–Kier alpha value is -3.02. The zero-order chi connectivity index (χ0) is 19.4. The minimum atomic E-state index is -0.112. The van der Waals surface area contributed by atoms with Gasteiger partial charge in [0.2, 0.25) is 5.91 Å². The Balaban J connectivity index is 1.60. The summed E-state index contributed by atoms with van der Waals surface area (Å²) in [5.41, 5.74) is 3.62. The lowest BCUT2D eigenvalue weighted by Crippen LogP contribution is -2.26. The standard InChI is InChI=1S/C21H24N2O4/c1-14(24)23-11-9-16-13-17(5-6-18(16)23)21(25)22-10-8-15-4-7-19(26-2)20(12-15)27-3/h4-7,12-13H,8-11H2,1-3H3,(H,22,25). The Bertz CT molecular complexity index is 863. The van der Waals surface area contributed by atoms with Gasteiger partial charge in [-0.1, -0.05) is 6.07 Å². The van der Waals surface area contributed by atoms with Gasteiger partial charge in [0.25, 0.3) is 5.91 Å². The van der Waals surface area contributed by atoms with E-state index in [9.17, 15) is 9.59 Å². The molecular formula is C21H24N2O4. The smallest absolute Gasteiger partial charge is 0.251 e. The number of anilines is 1. The molecule has 0 atom stereocenters. The molecule has 0 bridgehead atoms. The number of ether oxygens (including phenoxy) is 2. The lowest BCUT2D eigenvalue weighted by Gasteiger charge is -2.15. The lowest BCUT2D eigenvalue weighted by molar-refractivity contribution is -0.116. The second kappa shape index (κ2) is 8.12. The molecule has 0 radical (unpaired) electrons. The molecule has 1 heterocycles. The van der Waals surface area contributed by atoms with Crippen LogP contribution in [0.15, 0.2) is 36.4 Å². The van der Waals surface area contributed by atoms with Gasteiger partial charge in [-0.3, -0.25) is 9.59 Å². The third kappa shape index (κ3) is 4.05. The summed E-state index contributed by atoms with van der Waals surface area (Å²) >= 11 is 0. The Morgan fingerprint density at radius 3 is 2.56 bits per heavy atom. The summed E-state index contributed by atoms with van der Waals surface area (Å²) in [6.45, 7) is 2.75. The van der Waals surface area contributed by atoms with Crippen LogP contribution in [0.5, 0.6) is 11.5 Å². The Labute approximate surface area is 159 Å². The van der Waals surface area contributed by atoms with Crippen LogP contribution in [0.25, 0.3) is 0 Å². The van der Waals surface area contributed by atoms with Gasteiger partial charge in [0.1, 0.15) is 0 Å². The monoisotopic (exact) mass is 368 g/mol. The molecule has 3 rings (SSSR count). The van der Waals surface area contributed by atoms with Crippen molar-refractivity contribution >= 4 is 17.5 Å². The quantitative estimate of drug-likeness (QED) is 0.851. The average Bonchev–Trinajstić information content (AvgIpc) is 3.11. The van der Waals surface area contributed by atoms with E-state index in [1.54, 1.807) is 32.1 Å². The lowest BCUT2D eigenvalue weighted by atomic mass is 10.1. The summed E-state index contributed by atoms with van der Waals surface area (Å²) in [7, 11) is 3.20. The van der Waals surface area contributed by atoms with Crippen molar-refractivity contribution in [2.75, 3.05) is 32.2 Å². The second-order valence-corrected chi connectivity index (χ2v) is 6.46. The predicted molar refractivity (Wildman–Crippen MR) is 104 cm³/mol. The van der Waals surface area contributed by atoms with Crippen LogP contribution in [0.3, 0.4) is 0 Å². The second-order valence-electron chi connectivity index (χ2n) is 6.46. The first-order valence-corrected chi connectivity index (χ1v) is 8.93. The Kier molecular flexibility index (Phi) is 5.64. The van der Waals surface area contributed by atoms with Gasteiger partial charge in [0.15, 0.2) is 11.5 Å². The summed E-state index contributed by atoms with van der Waals surface area (Å²) in [4.78, 5) is 25.8. The van der Waals surface area contributed by atoms with Crippen molar-refractivity contribution in [1.82, 2.24) is 5.32 Å². The molecule has 0 fully saturated rings. The van der Waals surface area contributed by atoms with E-state index in [1.165, 1.54) is 0 Å². The molecule has 6 nitrogen and oxygen atoms in total. The number of hydrogen-bond acceptors (Lipinski definition) is 4. The molecule has 0 saturated heterocycles. The van der Waals surface area contributed by atoms with Crippen LogP contribution in [0.2, 0.25) is 0 Å². The third-order valence-corrected chi connectivity index (χ3v) is 4.76. The number of nitrogens with zero attached hydrogens (tertiary/aromatic N) is 1. The Morgan fingerprint density at radius 2 is 1.85 bits per heavy atom. The van der Waals surface area contributed by atoms with Crippen LogP contribution in [0, 0.1) is 0 Å². The van der Waals surface area contributed by atoms with E-state index >= 15 is 0 Å². The topological polar surface area (TPSA) is 67.9 Å². The largest absolute Gasteiger partial charge is 0.493 e. The van der Waals surface area contributed by atoms with Crippen molar-refractivity contribution in [2.45, 2.75) is 19.8 Å². The number of benzene rings is 2. The molecule has 0 aliphatic carbocycles. The highest BCUT2D eigenvalue weighted by Crippen LogP contribution is 2.29. The molecule has 2 aromatic rings. The Morgan fingerprint density at radius 1 is 1.07 bits per heavy atom. The van der Waals surface area contributed by atoms with E-state index in [2.05, 4.69) is 5.32 Å². The van der Waals surface area contributed by atoms with Gasteiger partial charge >= 0.3 is 0 Å². The minimum Gasteiger partial charge on any atom is -0.493 e. The third-order valence-electron chi connectivity index (χ3n) is 4.76. The zero-order valence-corrected chi connectivity index (χ0v) is 15.9. The maximum absolute atomic E-state index is 12.4. The number of hydrogen-bond donors (Lipinski definition) is 1. The first-order valence-electron chi connectivity index (χ1n) is 8.93. The van der Waals surface area contributed by atoms with Gasteiger partial charge in [-0.05, 0) is 54.3 Å². The van der Waals surface area contributed by atoms with Crippen molar-refractivity contribution in [3.63, 3.8) is 0 Å². The van der Waals surface area contributed by atoms with Crippen LogP contribution in [-0.2, 0) is 17.6 Å².